The molecule has 2 aromatic rings. The SMILES string of the molecule is CCCCCOc1cc(N2CCCN(Cc3ccc(CCNC(C)=O)cc3OC)C2=O)ccc1OC. The number of urea groups is 1. The minimum atomic E-state index is -0.0428. The van der Waals surface area contributed by atoms with Gasteiger partial charge in [0.2, 0.25) is 5.91 Å². The molecule has 36 heavy (non-hydrogen) atoms. The third kappa shape index (κ3) is 7.29. The standard InChI is InChI=1S/C28H39N3O5/c1-5-6-7-17-36-27-19-24(11-12-25(27)34-3)31-16-8-15-30(28(31)33)20-23-10-9-22(18-26(23)35-4)13-14-29-21(2)32/h9-12,18-19H,5-8,13-17,20H2,1-4H3,(H,29,32). The lowest BCUT2D eigenvalue weighted by molar-refractivity contribution is -0.118. The van der Waals surface area contributed by atoms with Crippen molar-refractivity contribution in [2.24, 2.45) is 0 Å². The number of carbonyl (C=O) groups is 2. The molecule has 1 aliphatic heterocycles. The molecule has 1 heterocycles. The first-order chi connectivity index (χ1) is 17.5. The molecule has 1 saturated heterocycles. The Bertz CT molecular complexity index is 1030. The zero-order valence-corrected chi connectivity index (χ0v) is 22.0. The second-order valence-electron chi connectivity index (χ2n) is 8.98. The van der Waals surface area contributed by atoms with Gasteiger partial charge in [-0.1, -0.05) is 31.9 Å². The second kappa shape index (κ2) is 13.6. The van der Waals surface area contributed by atoms with Crippen LogP contribution in [0, 0.1) is 0 Å². The molecule has 2 aromatic carbocycles. The molecular formula is C28H39N3O5. The van der Waals surface area contributed by atoms with Crippen LogP contribution in [0.3, 0.4) is 0 Å². The highest BCUT2D eigenvalue weighted by atomic mass is 16.5. The quantitative estimate of drug-likeness (QED) is 0.403. The predicted octanol–water partition coefficient (Wildman–Crippen LogP) is 4.78. The number of methoxy groups -OCH3 is 2. The van der Waals surface area contributed by atoms with E-state index in [2.05, 4.69) is 12.2 Å². The first kappa shape index (κ1) is 27.2. The highest BCUT2D eigenvalue weighted by Crippen LogP contribution is 2.34. The fourth-order valence-electron chi connectivity index (χ4n) is 4.31. The van der Waals surface area contributed by atoms with Gasteiger partial charge in [0, 0.05) is 43.9 Å². The fourth-order valence-corrected chi connectivity index (χ4v) is 4.31. The largest absolute Gasteiger partial charge is 0.496 e. The van der Waals surface area contributed by atoms with E-state index in [1.54, 1.807) is 19.1 Å². The van der Waals surface area contributed by atoms with Crippen molar-refractivity contribution in [2.45, 2.75) is 52.5 Å². The maximum absolute atomic E-state index is 13.5. The maximum atomic E-state index is 13.5. The lowest BCUT2D eigenvalue weighted by atomic mass is 10.1. The van der Waals surface area contributed by atoms with Gasteiger partial charge in [-0.25, -0.2) is 4.79 Å². The number of benzene rings is 2. The number of unbranched alkanes of at least 4 members (excludes halogenated alkanes) is 2. The Morgan fingerprint density at radius 3 is 2.53 bits per heavy atom. The second-order valence-corrected chi connectivity index (χ2v) is 8.98. The van der Waals surface area contributed by atoms with Crippen molar-refractivity contribution in [3.8, 4) is 17.2 Å². The molecule has 196 valence electrons. The van der Waals surface area contributed by atoms with Gasteiger partial charge >= 0.3 is 6.03 Å². The summed E-state index contributed by atoms with van der Waals surface area (Å²) in [6.07, 6.45) is 4.80. The molecule has 1 fully saturated rings. The highest BCUT2D eigenvalue weighted by Gasteiger charge is 2.28. The molecule has 0 aliphatic carbocycles. The molecule has 3 rings (SSSR count). The van der Waals surface area contributed by atoms with Crippen molar-refractivity contribution in [2.75, 3.05) is 45.4 Å². The van der Waals surface area contributed by atoms with E-state index in [4.69, 9.17) is 14.2 Å². The van der Waals surface area contributed by atoms with Crippen molar-refractivity contribution in [1.29, 1.82) is 0 Å². The third-order valence-corrected chi connectivity index (χ3v) is 6.28. The van der Waals surface area contributed by atoms with Crippen LogP contribution >= 0.6 is 0 Å². The summed E-state index contributed by atoms with van der Waals surface area (Å²) >= 11 is 0. The van der Waals surface area contributed by atoms with E-state index in [-0.39, 0.29) is 11.9 Å². The lowest BCUT2D eigenvalue weighted by Gasteiger charge is -2.36. The number of ether oxygens (including phenoxy) is 3. The fraction of sp³-hybridized carbons (Fsp3) is 0.500. The Labute approximate surface area is 214 Å². The topological polar surface area (TPSA) is 80.3 Å². The van der Waals surface area contributed by atoms with Gasteiger partial charge in [0.1, 0.15) is 5.75 Å². The van der Waals surface area contributed by atoms with Crippen LogP contribution in [0.5, 0.6) is 17.2 Å². The van der Waals surface area contributed by atoms with E-state index >= 15 is 0 Å². The number of hydrogen-bond acceptors (Lipinski definition) is 5. The first-order valence-electron chi connectivity index (χ1n) is 12.7. The third-order valence-electron chi connectivity index (χ3n) is 6.28. The van der Waals surface area contributed by atoms with Crippen LogP contribution in [0.4, 0.5) is 10.5 Å². The zero-order valence-electron chi connectivity index (χ0n) is 22.0. The molecular weight excluding hydrogens is 458 g/mol. The van der Waals surface area contributed by atoms with E-state index < -0.39 is 0 Å². The molecule has 0 atom stereocenters. The van der Waals surface area contributed by atoms with Crippen molar-refractivity contribution in [1.82, 2.24) is 10.2 Å². The summed E-state index contributed by atoms with van der Waals surface area (Å²) in [7, 11) is 3.26. The molecule has 0 radical (unpaired) electrons. The Balaban J connectivity index is 1.71. The number of amides is 3. The maximum Gasteiger partial charge on any atom is 0.324 e. The molecule has 0 bridgehead atoms. The van der Waals surface area contributed by atoms with Gasteiger partial charge in [0.15, 0.2) is 11.5 Å². The Kier molecular flexibility index (Phi) is 10.3. The lowest BCUT2D eigenvalue weighted by Crippen LogP contribution is -2.49. The molecule has 0 unspecified atom stereocenters. The molecule has 0 saturated carbocycles. The smallest absolute Gasteiger partial charge is 0.324 e. The number of carbonyl (C=O) groups excluding carboxylic acids is 2. The van der Waals surface area contributed by atoms with E-state index in [9.17, 15) is 9.59 Å². The predicted molar refractivity (Wildman–Crippen MR) is 141 cm³/mol. The minimum Gasteiger partial charge on any atom is -0.496 e. The Morgan fingerprint density at radius 1 is 1.00 bits per heavy atom. The first-order valence-corrected chi connectivity index (χ1v) is 12.7. The van der Waals surface area contributed by atoms with Crippen LogP contribution in [0.2, 0.25) is 0 Å². The highest BCUT2D eigenvalue weighted by molar-refractivity contribution is 5.93. The molecule has 8 nitrogen and oxygen atoms in total. The summed E-state index contributed by atoms with van der Waals surface area (Å²) in [5, 5.41) is 2.81. The summed E-state index contributed by atoms with van der Waals surface area (Å²) in [5.74, 6) is 2.03. The van der Waals surface area contributed by atoms with Crippen LogP contribution in [0.25, 0.3) is 0 Å². The van der Waals surface area contributed by atoms with Crippen LogP contribution in [-0.4, -0.2) is 57.3 Å². The average molecular weight is 498 g/mol. The number of nitrogens with one attached hydrogen (secondary N) is 1. The molecule has 1 N–H and O–H groups in total. The van der Waals surface area contributed by atoms with Gasteiger partial charge < -0.3 is 24.4 Å². The molecule has 0 spiro atoms. The number of rotatable bonds is 13. The van der Waals surface area contributed by atoms with Crippen LogP contribution in [0.1, 0.15) is 50.7 Å². The van der Waals surface area contributed by atoms with E-state index in [0.717, 1.165) is 48.2 Å². The summed E-state index contributed by atoms with van der Waals surface area (Å²) in [4.78, 5) is 28.2. The zero-order chi connectivity index (χ0) is 25.9. The van der Waals surface area contributed by atoms with Crippen LogP contribution in [-0.2, 0) is 17.8 Å². The van der Waals surface area contributed by atoms with Crippen molar-refractivity contribution < 1.29 is 23.8 Å². The monoisotopic (exact) mass is 497 g/mol. The minimum absolute atomic E-state index is 0.0415. The summed E-state index contributed by atoms with van der Waals surface area (Å²) < 4.78 is 17.1. The van der Waals surface area contributed by atoms with Crippen LogP contribution in [0.15, 0.2) is 36.4 Å². The number of nitrogens with zero attached hydrogens (tertiary/aromatic N) is 2. The molecule has 8 heteroatoms. The van der Waals surface area contributed by atoms with Gasteiger partial charge in [0.05, 0.1) is 27.4 Å². The van der Waals surface area contributed by atoms with E-state index in [1.807, 2.05) is 41.3 Å². The average Bonchev–Trinajstić information content (AvgIpc) is 2.88. The molecule has 3 amide bonds. The van der Waals surface area contributed by atoms with Crippen molar-refractivity contribution in [3.05, 3.63) is 47.5 Å². The summed E-state index contributed by atoms with van der Waals surface area (Å²) in [5.41, 5.74) is 2.82. The number of hydrogen-bond donors (Lipinski definition) is 1. The van der Waals surface area contributed by atoms with E-state index in [0.29, 0.717) is 50.7 Å². The van der Waals surface area contributed by atoms with Gasteiger partial charge in [-0.05, 0) is 43.0 Å². The van der Waals surface area contributed by atoms with Gasteiger partial charge in [-0.2, -0.15) is 0 Å². The molecule has 1 aliphatic rings. The van der Waals surface area contributed by atoms with Gasteiger partial charge in [-0.3, -0.25) is 9.69 Å². The normalized spacial score (nSPS) is 13.5. The summed E-state index contributed by atoms with van der Waals surface area (Å²) in [6.45, 7) is 6.65. The Hall–Kier alpha value is -3.42. The van der Waals surface area contributed by atoms with Crippen LogP contribution < -0.4 is 24.4 Å². The van der Waals surface area contributed by atoms with Gasteiger partial charge in [0.25, 0.3) is 0 Å². The number of anilines is 1. The molecule has 0 aromatic heterocycles. The van der Waals surface area contributed by atoms with E-state index in [1.165, 1.54) is 6.92 Å². The summed E-state index contributed by atoms with van der Waals surface area (Å²) in [6, 6.07) is 11.6. The van der Waals surface area contributed by atoms with Crippen molar-refractivity contribution in [3.63, 3.8) is 0 Å². The Morgan fingerprint density at radius 2 is 1.81 bits per heavy atom. The van der Waals surface area contributed by atoms with Gasteiger partial charge in [-0.15, -0.1) is 0 Å². The van der Waals surface area contributed by atoms with Crippen molar-refractivity contribution >= 4 is 17.6 Å².